The monoisotopic (exact) mass is 243 g/mol. The summed E-state index contributed by atoms with van der Waals surface area (Å²) in [5, 5.41) is 0. The zero-order valence-electron chi connectivity index (χ0n) is 6.78. The number of nitrogens with zero attached hydrogens (tertiary/aromatic N) is 1. The van der Waals surface area contributed by atoms with Crippen molar-refractivity contribution in [3.05, 3.63) is 24.3 Å². The molecule has 0 fully saturated rings. The predicted molar refractivity (Wildman–Crippen MR) is 55.1 cm³/mol. The van der Waals surface area contributed by atoms with E-state index in [0.29, 0.717) is 14.5 Å². The van der Waals surface area contributed by atoms with Crippen molar-refractivity contribution in [3.8, 4) is 0 Å². The molecule has 0 amide bonds. The van der Waals surface area contributed by atoms with Crippen LogP contribution in [0, 0.1) is 0 Å². The Labute approximate surface area is 81.9 Å². The van der Waals surface area contributed by atoms with Crippen molar-refractivity contribution >= 4 is 36.0 Å². The molecule has 0 atom stereocenters. The number of aromatic nitrogens is 1. The van der Waals surface area contributed by atoms with Crippen LogP contribution in [-0.4, -0.2) is 25.2 Å². The Morgan fingerprint density at radius 1 is 1.42 bits per heavy atom. The third-order valence-electron chi connectivity index (χ3n) is 1.54. The van der Waals surface area contributed by atoms with Crippen LogP contribution in [0.15, 0.2) is 28.2 Å². The molecule has 0 radical (unpaired) electrons. The molecule has 3 heteroatoms. The van der Waals surface area contributed by atoms with Gasteiger partial charge in [0.15, 0.2) is 0 Å². The Kier molecular flexibility index (Phi) is 2.54. The van der Waals surface area contributed by atoms with Gasteiger partial charge >= 0.3 is 81.9 Å². The third-order valence-corrected chi connectivity index (χ3v) is 5.09. The Balaban J connectivity index is 2.47. The van der Waals surface area contributed by atoms with E-state index >= 15 is 0 Å². The Bertz CT molecular complexity index is 350. The van der Waals surface area contributed by atoms with Gasteiger partial charge in [-0.05, 0) is 0 Å². The molecule has 1 heterocycles. The molecule has 0 spiro atoms. The van der Waals surface area contributed by atoms with Crippen LogP contribution in [0.25, 0.3) is 9.78 Å². The molecule has 0 N–H and O–H groups in total. The van der Waals surface area contributed by atoms with Crippen molar-refractivity contribution in [1.29, 1.82) is 0 Å². The molecule has 0 aliphatic heterocycles. The molecule has 0 aliphatic rings. The van der Waals surface area contributed by atoms with E-state index in [1.807, 2.05) is 11.8 Å². The van der Waals surface area contributed by atoms with Gasteiger partial charge in [-0.15, -0.1) is 0 Å². The van der Waals surface area contributed by atoms with Gasteiger partial charge in [0.2, 0.25) is 0 Å². The van der Waals surface area contributed by atoms with Crippen molar-refractivity contribution in [2.75, 3.05) is 5.75 Å². The van der Waals surface area contributed by atoms with E-state index in [9.17, 15) is 0 Å². The second-order valence-corrected chi connectivity index (χ2v) is 6.38. The molecule has 62 valence electrons. The Morgan fingerprint density at radius 3 is 3.00 bits per heavy atom. The van der Waals surface area contributed by atoms with Crippen LogP contribution in [0.4, 0.5) is 0 Å². The zero-order chi connectivity index (χ0) is 8.39. The first-order chi connectivity index (χ1) is 5.90. The number of benzene rings is 1. The van der Waals surface area contributed by atoms with E-state index in [1.54, 1.807) is 0 Å². The van der Waals surface area contributed by atoms with Gasteiger partial charge in [0.25, 0.3) is 0 Å². The van der Waals surface area contributed by atoms with Crippen LogP contribution in [0.1, 0.15) is 6.92 Å². The zero-order valence-corrected chi connectivity index (χ0v) is 9.31. The van der Waals surface area contributed by atoms with Gasteiger partial charge in [0, 0.05) is 0 Å². The molecule has 0 saturated carbocycles. The van der Waals surface area contributed by atoms with Crippen LogP contribution in [0.3, 0.4) is 0 Å². The maximum atomic E-state index is 4.55. The summed E-state index contributed by atoms with van der Waals surface area (Å²) in [6.45, 7) is 2.17. The first-order valence-electron chi connectivity index (χ1n) is 3.88. The summed E-state index contributed by atoms with van der Waals surface area (Å²) in [5.74, 6) is 1.13. The van der Waals surface area contributed by atoms with Gasteiger partial charge in [-0.25, -0.2) is 0 Å². The number of fused-ring (bicyclic) bond motifs is 1. The molecule has 1 aromatic heterocycles. The first kappa shape index (κ1) is 8.36. The van der Waals surface area contributed by atoms with E-state index in [1.165, 1.54) is 13.7 Å². The van der Waals surface area contributed by atoms with Gasteiger partial charge in [0.1, 0.15) is 0 Å². The topological polar surface area (TPSA) is 12.9 Å². The fourth-order valence-corrected chi connectivity index (χ4v) is 4.55. The molecule has 0 saturated heterocycles. The minimum absolute atomic E-state index is 0.483. The number of hydrogen-bond donors (Lipinski definition) is 0. The van der Waals surface area contributed by atoms with Crippen LogP contribution in [-0.2, 0) is 0 Å². The van der Waals surface area contributed by atoms with Crippen LogP contribution in [0.5, 0.6) is 0 Å². The van der Waals surface area contributed by atoms with E-state index in [0.717, 1.165) is 5.75 Å². The fourth-order valence-electron chi connectivity index (χ4n) is 1.04. The molecule has 1 aromatic carbocycles. The van der Waals surface area contributed by atoms with Gasteiger partial charge in [-0.2, -0.15) is 0 Å². The minimum atomic E-state index is 0.483. The standard InChI is InChI=1S/C9H9NSSe/c1-2-11-9-10-7-5-3-4-6-8(7)12-9/h3-6H,2H2,1H3. The SMILES string of the molecule is CCSc1nc2ccccc2[se]1. The van der Waals surface area contributed by atoms with Crippen molar-refractivity contribution in [2.24, 2.45) is 0 Å². The van der Waals surface area contributed by atoms with Crippen molar-refractivity contribution in [2.45, 2.75) is 10.8 Å². The second-order valence-electron chi connectivity index (χ2n) is 2.38. The number of thioether (sulfide) groups is 1. The van der Waals surface area contributed by atoms with Crippen molar-refractivity contribution in [1.82, 2.24) is 4.98 Å². The summed E-state index contributed by atoms with van der Waals surface area (Å²) < 4.78 is 2.76. The first-order valence-corrected chi connectivity index (χ1v) is 6.58. The van der Waals surface area contributed by atoms with E-state index in [4.69, 9.17) is 0 Å². The normalized spacial score (nSPS) is 10.8. The summed E-state index contributed by atoms with van der Waals surface area (Å²) in [7, 11) is 0. The molecule has 2 rings (SSSR count). The van der Waals surface area contributed by atoms with Gasteiger partial charge in [-0.1, -0.05) is 0 Å². The molecule has 0 aliphatic carbocycles. The molecule has 1 nitrogen and oxygen atoms in total. The summed E-state index contributed by atoms with van der Waals surface area (Å²) in [4.78, 5) is 4.55. The second kappa shape index (κ2) is 3.65. The summed E-state index contributed by atoms with van der Waals surface area (Å²) >= 11 is 2.36. The van der Waals surface area contributed by atoms with Crippen molar-refractivity contribution < 1.29 is 0 Å². The summed E-state index contributed by atoms with van der Waals surface area (Å²) in [5.41, 5.74) is 1.19. The van der Waals surface area contributed by atoms with Crippen molar-refractivity contribution in [3.63, 3.8) is 0 Å². The van der Waals surface area contributed by atoms with Crippen LogP contribution >= 0.6 is 11.8 Å². The van der Waals surface area contributed by atoms with Gasteiger partial charge < -0.3 is 0 Å². The van der Waals surface area contributed by atoms with E-state index in [-0.39, 0.29) is 0 Å². The Morgan fingerprint density at radius 2 is 2.25 bits per heavy atom. The molecule has 12 heavy (non-hydrogen) atoms. The third kappa shape index (κ3) is 1.58. The summed E-state index contributed by atoms with van der Waals surface area (Å²) in [6, 6.07) is 8.43. The molecular formula is C9H9NSSe. The van der Waals surface area contributed by atoms with Crippen LogP contribution < -0.4 is 0 Å². The molecular weight excluding hydrogens is 233 g/mol. The van der Waals surface area contributed by atoms with Gasteiger partial charge in [0.05, 0.1) is 0 Å². The van der Waals surface area contributed by atoms with E-state index in [2.05, 4.69) is 36.2 Å². The fraction of sp³-hybridized carbons (Fsp3) is 0.222. The molecule has 2 aromatic rings. The average Bonchev–Trinajstić information content (AvgIpc) is 2.47. The maximum absolute atomic E-state index is 4.55. The quantitative estimate of drug-likeness (QED) is 0.592. The van der Waals surface area contributed by atoms with Crippen LogP contribution in [0.2, 0.25) is 0 Å². The van der Waals surface area contributed by atoms with E-state index < -0.39 is 0 Å². The number of para-hydroxylation sites is 1. The number of hydrogen-bond acceptors (Lipinski definition) is 2. The predicted octanol–water partition coefficient (Wildman–Crippen LogP) is 2.40. The molecule has 0 unspecified atom stereocenters. The average molecular weight is 242 g/mol. The Hall–Kier alpha value is -0.241. The molecule has 0 bridgehead atoms. The number of rotatable bonds is 2. The van der Waals surface area contributed by atoms with Gasteiger partial charge in [-0.3, -0.25) is 0 Å². The summed E-state index contributed by atoms with van der Waals surface area (Å²) in [6.07, 6.45) is 0.